The van der Waals surface area contributed by atoms with Crippen molar-refractivity contribution in [3.8, 4) is 0 Å². The van der Waals surface area contributed by atoms with Crippen LogP contribution in [0.4, 0.5) is 0 Å². The van der Waals surface area contributed by atoms with Crippen LogP contribution in [0.25, 0.3) is 0 Å². The largest absolute Gasteiger partial charge is 0.276 e. The number of hydrogen-bond acceptors (Lipinski definition) is 1. The van der Waals surface area contributed by atoms with E-state index in [1.165, 1.54) is 6.07 Å². The topological polar surface area (TPSA) is 17.1 Å². The van der Waals surface area contributed by atoms with Crippen molar-refractivity contribution in [2.75, 3.05) is 0 Å². The van der Waals surface area contributed by atoms with Crippen LogP contribution in [-0.4, -0.2) is 5.24 Å². The Bertz CT molecular complexity index is 260. The molecule has 0 spiro atoms. The van der Waals surface area contributed by atoms with Gasteiger partial charge < -0.3 is 0 Å². The number of hydrogen-bond donors (Lipinski definition) is 0. The average Bonchev–Trinajstić information content (AvgIpc) is 1.88. The Labute approximate surface area is 59.7 Å². The van der Waals surface area contributed by atoms with Gasteiger partial charge in [0.25, 0.3) is 5.24 Å². The first-order valence-electron chi connectivity index (χ1n) is 2.96. The Morgan fingerprint density at radius 1 is 1.56 bits per heavy atom. The maximum atomic E-state index is 10.5. The van der Waals surface area contributed by atoms with E-state index in [-0.39, 0.29) is 0 Å². The van der Waals surface area contributed by atoms with E-state index in [2.05, 4.69) is 0 Å². The fraction of sp³-hybridized carbons (Fsp3) is 0. The lowest BCUT2D eigenvalue weighted by molar-refractivity contribution is 0.108. The summed E-state index contributed by atoms with van der Waals surface area (Å²) in [5.74, 6) is 0. The van der Waals surface area contributed by atoms with E-state index >= 15 is 0 Å². The van der Waals surface area contributed by atoms with Gasteiger partial charge in [-0.1, -0.05) is 30.3 Å². The monoisotopic (exact) mass is 141 g/mol. The molecule has 1 aromatic carbocycles. The van der Waals surface area contributed by atoms with E-state index in [1.807, 2.05) is 0 Å². The summed E-state index contributed by atoms with van der Waals surface area (Å²) in [6.45, 7) is 0. The van der Waals surface area contributed by atoms with Gasteiger partial charge in [0.05, 0.1) is 1.37 Å². The fourth-order valence-corrected chi connectivity index (χ4v) is 0.633. The molecular weight excluding hydrogens is 136 g/mol. The molecule has 0 radical (unpaired) electrons. The van der Waals surface area contributed by atoms with Crippen LogP contribution in [0.1, 0.15) is 11.7 Å². The van der Waals surface area contributed by atoms with E-state index in [0.717, 1.165) is 0 Å². The van der Waals surface area contributed by atoms with Gasteiger partial charge in [0.2, 0.25) is 0 Å². The predicted molar refractivity (Wildman–Crippen MR) is 36.6 cm³/mol. The van der Waals surface area contributed by atoms with Crippen molar-refractivity contribution in [3.05, 3.63) is 35.9 Å². The molecular formula is C7H5ClO. The van der Waals surface area contributed by atoms with Crippen molar-refractivity contribution in [2.24, 2.45) is 0 Å². The molecule has 0 atom stereocenters. The Hall–Kier alpha value is -0.820. The van der Waals surface area contributed by atoms with Crippen molar-refractivity contribution in [1.29, 1.82) is 0 Å². The standard InChI is InChI=1S/C7H5ClO/c8-7(9)6-4-2-1-3-5-6/h1-5H/i2D. The molecule has 0 aliphatic carbocycles. The van der Waals surface area contributed by atoms with Gasteiger partial charge in [-0.3, -0.25) is 4.79 Å². The van der Waals surface area contributed by atoms with Crippen molar-refractivity contribution in [3.63, 3.8) is 0 Å². The van der Waals surface area contributed by atoms with Crippen LogP contribution < -0.4 is 0 Å². The first-order chi connectivity index (χ1) is 4.70. The van der Waals surface area contributed by atoms with Gasteiger partial charge in [0, 0.05) is 5.56 Å². The molecule has 46 valence electrons. The molecule has 1 aromatic rings. The molecule has 2 heteroatoms. The summed E-state index contributed by atoms with van der Waals surface area (Å²) in [5, 5.41) is -0.519. The van der Waals surface area contributed by atoms with Crippen LogP contribution in [0.15, 0.2) is 30.3 Å². The summed E-state index contributed by atoms with van der Waals surface area (Å²) in [5.41, 5.74) is 0.370. The Morgan fingerprint density at radius 3 is 2.78 bits per heavy atom. The minimum Gasteiger partial charge on any atom is -0.276 e. The second-order valence-corrected chi connectivity index (χ2v) is 1.91. The zero-order chi connectivity index (χ0) is 7.56. The van der Waals surface area contributed by atoms with Gasteiger partial charge in [-0.2, -0.15) is 0 Å². The lowest BCUT2D eigenvalue weighted by Gasteiger charge is -1.87. The molecule has 0 heterocycles. The fourth-order valence-electron chi connectivity index (χ4n) is 0.516. The number of rotatable bonds is 1. The molecule has 0 saturated carbocycles. The normalized spacial score (nSPS) is 10.6. The highest BCUT2D eigenvalue weighted by Crippen LogP contribution is 2.01. The molecule has 0 N–H and O–H groups in total. The third-order valence-corrected chi connectivity index (χ3v) is 1.15. The van der Waals surface area contributed by atoms with E-state index < -0.39 is 5.24 Å². The highest BCUT2D eigenvalue weighted by Gasteiger charge is 1.95. The molecule has 0 amide bonds. The summed E-state index contributed by atoms with van der Waals surface area (Å²) in [7, 11) is 0. The summed E-state index contributed by atoms with van der Waals surface area (Å²) in [6.07, 6.45) is 0. The van der Waals surface area contributed by atoms with Crippen molar-refractivity contribution in [2.45, 2.75) is 0 Å². The average molecular weight is 142 g/mol. The zero-order valence-corrected chi connectivity index (χ0v) is 5.35. The van der Waals surface area contributed by atoms with Crippen LogP contribution in [-0.2, 0) is 0 Å². The van der Waals surface area contributed by atoms with E-state index in [0.29, 0.717) is 11.6 Å². The molecule has 0 saturated heterocycles. The number of carbonyl (C=O) groups is 1. The number of benzene rings is 1. The summed E-state index contributed by atoms with van der Waals surface area (Å²) in [6, 6.07) is 6.51. The summed E-state index contributed by atoms with van der Waals surface area (Å²) >= 11 is 5.15. The van der Waals surface area contributed by atoms with Crippen LogP contribution in [0.5, 0.6) is 0 Å². The molecule has 9 heavy (non-hydrogen) atoms. The predicted octanol–water partition coefficient (Wildman–Crippen LogP) is 2.07. The molecule has 1 nitrogen and oxygen atoms in total. The lowest BCUT2D eigenvalue weighted by atomic mass is 10.2. The van der Waals surface area contributed by atoms with Crippen molar-refractivity contribution < 1.29 is 6.17 Å². The minimum atomic E-state index is -0.519. The summed E-state index contributed by atoms with van der Waals surface area (Å²) in [4.78, 5) is 10.5. The number of carbonyl (C=O) groups excluding carboxylic acids is 1. The molecule has 0 fully saturated rings. The Kier molecular flexibility index (Phi) is 1.47. The first-order valence-corrected chi connectivity index (χ1v) is 2.84. The molecule has 0 aliphatic rings. The van der Waals surface area contributed by atoms with Gasteiger partial charge in [-0.15, -0.1) is 0 Å². The highest BCUT2D eigenvalue weighted by molar-refractivity contribution is 6.67. The van der Waals surface area contributed by atoms with E-state index in [9.17, 15) is 4.79 Å². The Morgan fingerprint density at radius 2 is 2.33 bits per heavy atom. The van der Waals surface area contributed by atoms with Gasteiger partial charge in [-0.05, 0) is 11.6 Å². The Balaban J connectivity index is 3.07. The van der Waals surface area contributed by atoms with Crippen LogP contribution in [0.2, 0.25) is 0 Å². The van der Waals surface area contributed by atoms with E-state index in [4.69, 9.17) is 13.0 Å². The van der Waals surface area contributed by atoms with E-state index in [1.54, 1.807) is 18.2 Å². The maximum Gasteiger partial charge on any atom is 0.252 e. The van der Waals surface area contributed by atoms with Crippen LogP contribution >= 0.6 is 11.6 Å². The molecule has 0 unspecified atom stereocenters. The third-order valence-electron chi connectivity index (χ3n) is 0.934. The molecule has 0 aliphatic heterocycles. The SMILES string of the molecule is [2H]c1cccc(C(=O)Cl)c1. The van der Waals surface area contributed by atoms with Crippen LogP contribution in [0.3, 0.4) is 0 Å². The van der Waals surface area contributed by atoms with Crippen LogP contribution in [0, 0.1) is 0 Å². The molecule has 1 rings (SSSR count). The van der Waals surface area contributed by atoms with Gasteiger partial charge in [0.1, 0.15) is 0 Å². The molecule has 0 bridgehead atoms. The highest BCUT2D eigenvalue weighted by atomic mass is 35.5. The maximum absolute atomic E-state index is 10.5. The second-order valence-electron chi connectivity index (χ2n) is 1.57. The smallest absolute Gasteiger partial charge is 0.252 e. The van der Waals surface area contributed by atoms with Gasteiger partial charge >= 0.3 is 0 Å². The van der Waals surface area contributed by atoms with Gasteiger partial charge in [-0.25, -0.2) is 0 Å². The first kappa shape index (κ1) is 5.00. The third kappa shape index (κ3) is 1.54. The summed E-state index contributed by atoms with van der Waals surface area (Å²) < 4.78 is 7.12. The second kappa shape index (κ2) is 2.65. The quantitative estimate of drug-likeness (QED) is 0.548. The molecule has 0 aromatic heterocycles. The lowest BCUT2D eigenvalue weighted by Crippen LogP contribution is -1.84. The van der Waals surface area contributed by atoms with Crippen molar-refractivity contribution in [1.82, 2.24) is 0 Å². The van der Waals surface area contributed by atoms with Gasteiger partial charge in [0.15, 0.2) is 0 Å². The minimum absolute atomic E-state index is 0.298. The zero-order valence-electron chi connectivity index (χ0n) is 5.60. The number of halogens is 1. The van der Waals surface area contributed by atoms with Crippen molar-refractivity contribution >= 4 is 16.8 Å².